The fourth-order valence-corrected chi connectivity index (χ4v) is 2.19. The van der Waals surface area contributed by atoms with Crippen molar-refractivity contribution in [1.82, 2.24) is 0 Å². The summed E-state index contributed by atoms with van der Waals surface area (Å²) in [5, 5.41) is 9.24. The second-order valence-electron chi connectivity index (χ2n) is 5.00. The Balaban J connectivity index is 1.82. The molecular formula is C17H20O. The van der Waals surface area contributed by atoms with Gasteiger partial charge in [0.1, 0.15) is 5.75 Å². The molecule has 0 amide bonds. The van der Waals surface area contributed by atoms with E-state index in [0.717, 1.165) is 12.8 Å². The van der Waals surface area contributed by atoms with Crippen molar-refractivity contribution in [3.63, 3.8) is 0 Å². The lowest BCUT2D eigenvalue weighted by atomic mass is 9.94. The average Bonchev–Trinajstić information content (AvgIpc) is 2.40. The van der Waals surface area contributed by atoms with E-state index in [1.165, 1.54) is 17.5 Å². The lowest BCUT2D eigenvalue weighted by Crippen LogP contribution is -2.01. The van der Waals surface area contributed by atoms with Gasteiger partial charge in [-0.05, 0) is 48.4 Å². The molecule has 0 aliphatic rings. The van der Waals surface area contributed by atoms with E-state index in [0.29, 0.717) is 11.7 Å². The number of hydrogen-bond donors (Lipinski definition) is 1. The van der Waals surface area contributed by atoms with Crippen LogP contribution >= 0.6 is 0 Å². The van der Waals surface area contributed by atoms with E-state index >= 15 is 0 Å². The average molecular weight is 240 g/mol. The van der Waals surface area contributed by atoms with Gasteiger partial charge in [-0.1, -0.05) is 49.4 Å². The lowest BCUT2D eigenvalue weighted by molar-refractivity contribution is 0.474. The highest BCUT2D eigenvalue weighted by Crippen LogP contribution is 2.17. The summed E-state index contributed by atoms with van der Waals surface area (Å²) in [4.78, 5) is 0. The van der Waals surface area contributed by atoms with Crippen LogP contribution < -0.4 is 0 Å². The first-order valence-electron chi connectivity index (χ1n) is 6.56. The minimum absolute atomic E-state index is 0.343. The van der Waals surface area contributed by atoms with Gasteiger partial charge in [-0.3, -0.25) is 0 Å². The van der Waals surface area contributed by atoms with Gasteiger partial charge in [0.15, 0.2) is 0 Å². The molecule has 0 bridgehead atoms. The van der Waals surface area contributed by atoms with Crippen molar-refractivity contribution >= 4 is 0 Å². The van der Waals surface area contributed by atoms with Gasteiger partial charge in [-0.15, -0.1) is 0 Å². The van der Waals surface area contributed by atoms with Crippen LogP contribution in [0, 0.1) is 5.92 Å². The van der Waals surface area contributed by atoms with Crippen molar-refractivity contribution in [2.24, 2.45) is 5.92 Å². The van der Waals surface area contributed by atoms with Crippen molar-refractivity contribution in [3.05, 3.63) is 65.7 Å². The molecule has 1 heteroatoms. The van der Waals surface area contributed by atoms with Gasteiger partial charge < -0.3 is 5.11 Å². The molecule has 0 unspecified atom stereocenters. The third-order valence-corrected chi connectivity index (χ3v) is 3.29. The molecule has 0 saturated carbocycles. The van der Waals surface area contributed by atoms with Crippen LogP contribution in [-0.2, 0) is 12.8 Å². The Bertz CT molecular complexity index is 459. The quantitative estimate of drug-likeness (QED) is 0.830. The molecule has 1 N–H and O–H groups in total. The molecule has 1 nitrogen and oxygen atoms in total. The molecule has 18 heavy (non-hydrogen) atoms. The Morgan fingerprint density at radius 1 is 0.889 bits per heavy atom. The second kappa shape index (κ2) is 6.25. The molecule has 0 fully saturated rings. The van der Waals surface area contributed by atoms with Crippen molar-refractivity contribution in [1.29, 1.82) is 0 Å². The zero-order valence-corrected chi connectivity index (χ0v) is 10.8. The van der Waals surface area contributed by atoms with E-state index in [1.54, 1.807) is 12.1 Å². The van der Waals surface area contributed by atoms with E-state index in [4.69, 9.17) is 0 Å². The molecule has 2 rings (SSSR count). The molecule has 2 aromatic carbocycles. The van der Waals surface area contributed by atoms with E-state index in [9.17, 15) is 5.11 Å². The third kappa shape index (κ3) is 3.92. The molecule has 94 valence electrons. The Morgan fingerprint density at radius 3 is 2.22 bits per heavy atom. The molecule has 0 aliphatic heterocycles. The van der Waals surface area contributed by atoms with Crippen LogP contribution in [0.1, 0.15) is 24.5 Å². The summed E-state index contributed by atoms with van der Waals surface area (Å²) in [5.74, 6) is 1.01. The Kier molecular flexibility index (Phi) is 4.40. The minimum atomic E-state index is 0.343. The number of aromatic hydroxyl groups is 1. The molecule has 0 aliphatic carbocycles. The molecular weight excluding hydrogens is 220 g/mol. The van der Waals surface area contributed by atoms with Crippen LogP contribution in [0.2, 0.25) is 0 Å². The molecule has 2 aromatic rings. The highest BCUT2D eigenvalue weighted by Gasteiger charge is 2.04. The van der Waals surface area contributed by atoms with Crippen LogP contribution in [-0.4, -0.2) is 5.11 Å². The van der Waals surface area contributed by atoms with Gasteiger partial charge in [0.05, 0.1) is 0 Å². The zero-order chi connectivity index (χ0) is 12.8. The maximum Gasteiger partial charge on any atom is 0.115 e. The Labute approximate surface area is 109 Å². The highest BCUT2D eigenvalue weighted by atomic mass is 16.3. The normalized spacial score (nSPS) is 12.3. The molecule has 1 atom stereocenters. The van der Waals surface area contributed by atoms with Crippen LogP contribution in [0.25, 0.3) is 0 Å². The summed E-state index contributed by atoms with van der Waals surface area (Å²) in [6.45, 7) is 2.29. The fraction of sp³-hybridized carbons (Fsp3) is 0.294. The summed E-state index contributed by atoms with van der Waals surface area (Å²) in [7, 11) is 0. The summed E-state index contributed by atoms with van der Waals surface area (Å²) in [5.41, 5.74) is 2.71. The number of benzene rings is 2. The predicted octanol–water partition coefficient (Wildman–Crippen LogP) is 4.20. The zero-order valence-electron chi connectivity index (χ0n) is 10.8. The topological polar surface area (TPSA) is 20.2 Å². The number of phenols is 1. The molecule has 0 saturated heterocycles. The van der Waals surface area contributed by atoms with Gasteiger partial charge >= 0.3 is 0 Å². The van der Waals surface area contributed by atoms with Crippen LogP contribution in [0.5, 0.6) is 5.75 Å². The van der Waals surface area contributed by atoms with E-state index in [1.807, 2.05) is 12.1 Å². The fourth-order valence-electron chi connectivity index (χ4n) is 2.19. The molecule has 0 heterocycles. The monoisotopic (exact) mass is 240 g/mol. The second-order valence-corrected chi connectivity index (χ2v) is 5.00. The SMILES string of the molecule is C[C@H](CCc1ccccc1)Cc1ccc(O)cc1. The number of aryl methyl sites for hydroxylation is 1. The van der Waals surface area contributed by atoms with Gasteiger partial charge in [-0.2, -0.15) is 0 Å². The molecule has 0 aromatic heterocycles. The van der Waals surface area contributed by atoms with Crippen LogP contribution in [0.4, 0.5) is 0 Å². The largest absolute Gasteiger partial charge is 0.508 e. The Morgan fingerprint density at radius 2 is 1.56 bits per heavy atom. The molecule has 0 radical (unpaired) electrons. The van der Waals surface area contributed by atoms with Crippen molar-refractivity contribution < 1.29 is 5.11 Å². The summed E-state index contributed by atoms with van der Waals surface area (Å²) < 4.78 is 0. The molecule has 0 spiro atoms. The number of rotatable bonds is 5. The van der Waals surface area contributed by atoms with Crippen LogP contribution in [0.15, 0.2) is 54.6 Å². The smallest absolute Gasteiger partial charge is 0.115 e. The lowest BCUT2D eigenvalue weighted by Gasteiger charge is -2.11. The van der Waals surface area contributed by atoms with Gasteiger partial charge in [0.2, 0.25) is 0 Å². The van der Waals surface area contributed by atoms with Crippen molar-refractivity contribution in [2.45, 2.75) is 26.2 Å². The summed E-state index contributed by atoms with van der Waals surface area (Å²) in [6.07, 6.45) is 3.41. The van der Waals surface area contributed by atoms with Crippen molar-refractivity contribution in [2.75, 3.05) is 0 Å². The maximum atomic E-state index is 9.24. The van der Waals surface area contributed by atoms with E-state index in [2.05, 4.69) is 37.3 Å². The highest BCUT2D eigenvalue weighted by molar-refractivity contribution is 5.26. The Hall–Kier alpha value is -1.76. The standard InChI is InChI=1S/C17H20O/c1-14(7-8-15-5-3-2-4-6-15)13-16-9-11-17(18)12-10-16/h2-6,9-12,14,18H,7-8,13H2,1H3/t14-/m1/s1. The van der Waals surface area contributed by atoms with Gasteiger partial charge in [-0.25, -0.2) is 0 Å². The maximum absolute atomic E-state index is 9.24. The van der Waals surface area contributed by atoms with Gasteiger partial charge in [0, 0.05) is 0 Å². The van der Waals surface area contributed by atoms with E-state index in [-0.39, 0.29) is 0 Å². The first-order valence-corrected chi connectivity index (χ1v) is 6.56. The first kappa shape index (κ1) is 12.7. The van der Waals surface area contributed by atoms with E-state index < -0.39 is 0 Å². The van der Waals surface area contributed by atoms with Gasteiger partial charge in [0.25, 0.3) is 0 Å². The number of phenolic OH excluding ortho intramolecular Hbond substituents is 1. The summed E-state index contributed by atoms with van der Waals surface area (Å²) >= 11 is 0. The minimum Gasteiger partial charge on any atom is -0.508 e. The van der Waals surface area contributed by atoms with Crippen molar-refractivity contribution in [3.8, 4) is 5.75 Å². The third-order valence-electron chi connectivity index (χ3n) is 3.29. The summed E-state index contributed by atoms with van der Waals surface area (Å²) in [6, 6.07) is 18.2. The van der Waals surface area contributed by atoms with Crippen LogP contribution in [0.3, 0.4) is 0 Å². The predicted molar refractivity (Wildman–Crippen MR) is 75.7 cm³/mol. The number of hydrogen-bond acceptors (Lipinski definition) is 1. The first-order chi connectivity index (χ1) is 8.74.